The van der Waals surface area contributed by atoms with Gasteiger partial charge in [0.1, 0.15) is 5.82 Å². The van der Waals surface area contributed by atoms with Crippen molar-refractivity contribution in [2.24, 2.45) is 5.92 Å². The highest BCUT2D eigenvalue weighted by Gasteiger charge is 2.30. The summed E-state index contributed by atoms with van der Waals surface area (Å²) in [5.74, 6) is 0.587. The van der Waals surface area contributed by atoms with Crippen molar-refractivity contribution < 1.29 is 14.0 Å². The molecule has 4 nitrogen and oxygen atoms in total. The Labute approximate surface area is 140 Å². The van der Waals surface area contributed by atoms with Gasteiger partial charge in [-0.1, -0.05) is 12.1 Å². The van der Waals surface area contributed by atoms with Crippen molar-refractivity contribution in [2.45, 2.75) is 25.8 Å². The molecule has 1 aliphatic rings. The molecular weight excluding hydrogens is 315 g/mol. The van der Waals surface area contributed by atoms with Gasteiger partial charge < -0.3 is 10.2 Å². The molecule has 1 heterocycles. The smallest absolute Gasteiger partial charge is 0.224 e. The third-order valence-electron chi connectivity index (χ3n) is 3.96. The van der Waals surface area contributed by atoms with Crippen LogP contribution in [0.25, 0.3) is 0 Å². The first-order valence-corrected chi connectivity index (χ1v) is 9.28. The number of carbonyl (C=O) groups excluding carboxylic acids is 2. The van der Waals surface area contributed by atoms with Crippen LogP contribution in [0.2, 0.25) is 0 Å². The summed E-state index contributed by atoms with van der Waals surface area (Å²) in [6, 6.07) is 6.24. The maximum absolute atomic E-state index is 13.3. The lowest BCUT2D eigenvalue weighted by Gasteiger charge is -2.32. The Morgan fingerprint density at radius 3 is 3.04 bits per heavy atom. The lowest BCUT2D eigenvalue weighted by atomic mass is 9.96. The Bertz CT molecular complexity index is 553. The minimum Gasteiger partial charge on any atom is -0.356 e. The zero-order chi connectivity index (χ0) is 16.7. The molecule has 6 heteroatoms. The summed E-state index contributed by atoms with van der Waals surface area (Å²) in [4.78, 5) is 25.9. The number of piperidine rings is 1. The SMILES string of the molecule is CSCCCNC(=O)[C@@H]1CCC(=O)N(Cc2cccc(F)c2)C1. The second-order valence-corrected chi connectivity index (χ2v) is 6.76. The lowest BCUT2D eigenvalue weighted by Crippen LogP contribution is -2.45. The lowest BCUT2D eigenvalue weighted by molar-refractivity contribution is -0.138. The highest BCUT2D eigenvalue weighted by molar-refractivity contribution is 7.98. The van der Waals surface area contributed by atoms with Gasteiger partial charge in [-0.3, -0.25) is 9.59 Å². The van der Waals surface area contributed by atoms with Crippen molar-refractivity contribution in [1.82, 2.24) is 10.2 Å². The van der Waals surface area contributed by atoms with E-state index in [9.17, 15) is 14.0 Å². The van der Waals surface area contributed by atoms with Crippen molar-refractivity contribution in [1.29, 1.82) is 0 Å². The first-order valence-electron chi connectivity index (χ1n) is 7.89. The summed E-state index contributed by atoms with van der Waals surface area (Å²) in [5, 5.41) is 2.95. The zero-order valence-electron chi connectivity index (χ0n) is 13.4. The van der Waals surface area contributed by atoms with Gasteiger partial charge in [-0.05, 0) is 42.5 Å². The second kappa shape index (κ2) is 8.91. The molecule has 0 unspecified atom stereocenters. The standard InChI is InChI=1S/C17H23FN2O2S/c1-23-9-3-8-19-17(22)14-6-7-16(21)20(12-14)11-13-4-2-5-15(18)10-13/h2,4-5,10,14H,3,6-9,11-12H2,1H3,(H,19,22)/t14-/m1/s1. The fourth-order valence-electron chi connectivity index (χ4n) is 2.71. The first-order chi connectivity index (χ1) is 11.1. The van der Waals surface area contributed by atoms with E-state index in [4.69, 9.17) is 0 Å². The molecule has 1 aromatic carbocycles. The largest absolute Gasteiger partial charge is 0.356 e. The maximum Gasteiger partial charge on any atom is 0.224 e. The number of carbonyl (C=O) groups is 2. The molecule has 0 saturated carbocycles. The average molecular weight is 338 g/mol. The topological polar surface area (TPSA) is 49.4 Å². The predicted molar refractivity (Wildman–Crippen MR) is 90.5 cm³/mol. The minimum atomic E-state index is -0.310. The fraction of sp³-hybridized carbons (Fsp3) is 0.529. The number of thioether (sulfide) groups is 1. The number of amides is 2. The average Bonchev–Trinajstić information content (AvgIpc) is 2.53. The molecule has 2 amide bonds. The number of halogens is 1. The van der Waals surface area contributed by atoms with Crippen LogP contribution in [0.3, 0.4) is 0 Å². The molecule has 0 bridgehead atoms. The summed E-state index contributed by atoms with van der Waals surface area (Å²) in [7, 11) is 0. The van der Waals surface area contributed by atoms with Crippen molar-refractivity contribution in [3.63, 3.8) is 0 Å². The molecule has 23 heavy (non-hydrogen) atoms. The first kappa shape index (κ1) is 17.8. The Morgan fingerprint density at radius 2 is 2.30 bits per heavy atom. The quantitative estimate of drug-likeness (QED) is 0.777. The summed E-state index contributed by atoms with van der Waals surface area (Å²) in [6.45, 7) is 1.44. The molecule has 0 aromatic heterocycles. The molecule has 1 fully saturated rings. The van der Waals surface area contributed by atoms with Crippen LogP contribution in [0.4, 0.5) is 4.39 Å². The maximum atomic E-state index is 13.3. The van der Waals surface area contributed by atoms with Crippen LogP contribution < -0.4 is 5.32 Å². The molecule has 1 saturated heterocycles. The van der Waals surface area contributed by atoms with E-state index < -0.39 is 0 Å². The van der Waals surface area contributed by atoms with E-state index in [-0.39, 0.29) is 23.5 Å². The molecule has 1 aromatic rings. The molecule has 0 spiro atoms. The van der Waals surface area contributed by atoms with Crippen molar-refractivity contribution in [3.8, 4) is 0 Å². The van der Waals surface area contributed by atoms with E-state index in [1.165, 1.54) is 12.1 Å². The number of rotatable bonds is 7. The van der Waals surface area contributed by atoms with Crippen LogP contribution >= 0.6 is 11.8 Å². The van der Waals surface area contributed by atoms with Crippen molar-refractivity contribution >= 4 is 23.6 Å². The summed E-state index contributed by atoms with van der Waals surface area (Å²) in [5.41, 5.74) is 0.749. The highest BCUT2D eigenvalue weighted by Crippen LogP contribution is 2.20. The molecule has 0 radical (unpaired) electrons. The second-order valence-electron chi connectivity index (χ2n) is 5.78. The minimum absolute atomic E-state index is 0.0165. The predicted octanol–water partition coefficient (Wildman–Crippen LogP) is 2.43. The van der Waals surface area contributed by atoms with Gasteiger partial charge in [0.2, 0.25) is 11.8 Å². The number of hydrogen-bond donors (Lipinski definition) is 1. The number of likely N-dealkylation sites (tertiary alicyclic amines) is 1. The van der Waals surface area contributed by atoms with Crippen LogP contribution in [-0.4, -0.2) is 41.8 Å². The van der Waals surface area contributed by atoms with E-state index in [1.807, 2.05) is 6.26 Å². The third kappa shape index (κ3) is 5.53. The van der Waals surface area contributed by atoms with Gasteiger partial charge in [-0.25, -0.2) is 4.39 Å². The molecule has 0 aliphatic carbocycles. The van der Waals surface area contributed by atoms with Gasteiger partial charge in [0.25, 0.3) is 0 Å². The van der Waals surface area contributed by atoms with Gasteiger partial charge in [0.15, 0.2) is 0 Å². The van der Waals surface area contributed by atoms with Crippen LogP contribution in [0.5, 0.6) is 0 Å². The summed E-state index contributed by atoms with van der Waals surface area (Å²) >= 11 is 1.76. The Hall–Kier alpha value is -1.56. The normalized spacial score (nSPS) is 18.1. The van der Waals surface area contributed by atoms with Crippen LogP contribution in [0, 0.1) is 11.7 Å². The van der Waals surface area contributed by atoms with E-state index >= 15 is 0 Å². The fourth-order valence-corrected chi connectivity index (χ4v) is 3.14. The van der Waals surface area contributed by atoms with Crippen LogP contribution in [0.1, 0.15) is 24.8 Å². The van der Waals surface area contributed by atoms with Gasteiger partial charge in [0, 0.05) is 26.1 Å². The van der Waals surface area contributed by atoms with Gasteiger partial charge >= 0.3 is 0 Å². The Balaban J connectivity index is 1.88. The van der Waals surface area contributed by atoms with E-state index in [0.29, 0.717) is 32.5 Å². The van der Waals surface area contributed by atoms with Crippen molar-refractivity contribution in [3.05, 3.63) is 35.6 Å². The third-order valence-corrected chi connectivity index (χ3v) is 4.65. The molecule has 2 rings (SSSR count). The number of nitrogens with zero attached hydrogens (tertiary/aromatic N) is 1. The van der Waals surface area contributed by atoms with E-state index in [0.717, 1.165) is 17.7 Å². The molecule has 126 valence electrons. The highest BCUT2D eigenvalue weighted by atomic mass is 32.2. The molecule has 1 atom stereocenters. The van der Waals surface area contributed by atoms with Crippen molar-refractivity contribution in [2.75, 3.05) is 25.1 Å². The Kier molecular flexibility index (Phi) is 6.89. The zero-order valence-corrected chi connectivity index (χ0v) is 14.2. The molecular formula is C17H23FN2O2S. The van der Waals surface area contributed by atoms with Gasteiger partial charge in [-0.15, -0.1) is 0 Å². The van der Waals surface area contributed by atoms with E-state index in [2.05, 4.69) is 5.32 Å². The number of hydrogen-bond acceptors (Lipinski definition) is 3. The monoisotopic (exact) mass is 338 g/mol. The van der Waals surface area contributed by atoms with Gasteiger partial charge in [0.05, 0.1) is 5.92 Å². The summed E-state index contributed by atoms with van der Waals surface area (Å²) < 4.78 is 13.3. The number of benzene rings is 1. The van der Waals surface area contributed by atoms with E-state index in [1.54, 1.807) is 28.8 Å². The Morgan fingerprint density at radius 1 is 1.48 bits per heavy atom. The molecule has 1 N–H and O–H groups in total. The molecule has 1 aliphatic heterocycles. The number of nitrogens with one attached hydrogen (secondary N) is 1. The van der Waals surface area contributed by atoms with Gasteiger partial charge in [-0.2, -0.15) is 11.8 Å². The summed E-state index contributed by atoms with van der Waals surface area (Å²) in [6.07, 6.45) is 3.95. The van der Waals surface area contributed by atoms with Crippen LogP contribution in [0.15, 0.2) is 24.3 Å². The van der Waals surface area contributed by atoms with Crippen LogP contribution in [-0.2, 0) is 16.1 Å².